The van der Waals surface area contributed by atoms with Crippen LogP contribution in [0.15, 0.2) is 12.1 Å². The Morgan fingerprint density at radius 1 is 1.10 bits per heavy atom. The summed E-state index contributed by atoms with van der Waals surface area (Å²) in [5.41, 5.74) is 2.46. The summed E-state index contributed by atoms with van der Waals surface area (Å²) in [6.07, 6.45) is 14.5. The van der Waals surface area contributed by atoms with Crippen LogP contribution in [0.1, 0.15) is 76.0 Å². The van der Waals surface area contributed by atoms with Crippen molar-refractivity contribution in [3.05, 3.63) is 23.4 Å². The summed E-state index contributed by atoms with van der Waals surface area (Å²) in [6, 6.07) is 4.42. The summed E-state index contributed by atoms with van der Waals surface area (Å²) in [7, 11) is 1.75. The van der Waals surface area contributed by atoms with Gasteiger partial charge in [-0.3, -0.25) is 0 Å². The number of hydrogen-bond acceptors (Lipinski definition) is 2. The zero-order valence-electron chi connectivity index (χ0n) is 13.9. The molecule has 1 fully saturated rings. The first-order chi connectivity index (χ1) is 10.3. The van der Waals surface area contributed by atoms with Gasteiger partial charge in [0, 0.05) is 11.3 Å². The molecule has 1 aliphatic carbocycles. The number of nitrogens with zero attached hydrogens (tertiary/aromatic N) is 1. The molecule has 1 saturated carbocycles. The van der Waals surface area contributed by atoms with Crippen LogP contribution in [-0.4, -0.2) is 12.1 Å². The fraction of sp³-hybridized carbons (Fsp3) is 0.737. The maximum Gasteiger partial charge on any atom is 0.216 e. The smallest absolute Gasteiger partial charge is 0.216 e. The normalized spacial score (nSPS) is 16.1. The van der Waals surface area contributed by atoms with Crippen LogP contribution in [0.2, 0.25) is 0 Å². The lowest BCUT2D eigenvalue weighted by atomic mass is 9.85. The maximum absolute atomic E-state index is 5.50. The number of pyridine rings is 1. The Kier molecular flexibility index (Phi) is 7.05. The van der Waals surface area contributed by atoms with E-state index in [0.717, 1.165) is 24.6 Å². The average Bonchev–Trinajstić information content (AvgIpc) is 2.54. The Balaban J connectivity index is 1.83. The molecule has 0 radical (unpaired) electrons. The monoisotopic (exact) mass is 289 g/mol. The van der Waals surface area contributed by atoms with Crippen molar-refractivity contribution in [1.29, 1.82) is 0 Å². The molecule has 1 aromatic rings. The fourth-order valence-electron chi connectivity index (χ4n) is 3.43. The van der Waals surface area contributed by atoms with Gasteiger partial charge >= 0.3 is 0 Å². The topological polar surface area (TPSA) is 22.1 Å². The molecule has 1 aromatic heterocycles. The third-order valence-corrected chi connectivity index (χ3v) is 4.76. The van der Waals surface area contributed by atoms with Crippen LogP contribution < -0.4 is 4.74 Å². The van der Waals surface area contributed by atoms with Crippen molar-refractivity contribution >= 4 is 0 Å². The van der Waals surface area contributed by atoms with Crippen LogP contribution in [0, 0.1) is 5.92 Å². The van der Waals surface area contributed by atoms with E-state index >= 15 is 0 Å². The van der Waals surface area contributed by atoms with Crippen molar-refractivity contribution in [3.8, 4) is 5.88 Å². The first-order valence-electron chi connectivity index (χ1n) is 8.86. The van der Waals surface area contributed by atoms with E-state index in [2.05, 4.69) is 24.0 Å². The molecule has 21 heavy (non-hydrogen) atoms. The second-order valence-electron chi connectivity index (χ2n) is 6.47. The molecule has 0 aromatic carbocycles. The van der Waals surface area contributed by atoms with Gasteiger partial charge in [-0.05, 0) is 37.7 Å². The van der Waals surface area contributed by atoms with Crippen LogP contribution in [0.5, 0.6) is 5.88 Å². The number of unbranched alkanes of at least 4 members (excludes halogenated alkanes) is 1. The van der Waals surface area contributed by atoms with Crippen molar-refractivity contribution in [2.45, 2.75) is 77.6 Å². The highest BCUT2D eigenvalue weighted by Gasteiger charge is 2.13. The number of rotatable bonds is 8. The molecule has 0 amide bonds. The minimum atomic E-state index is 0.854. The van der Waals surface area contributed by atoms with Gasteiger partial charge in [-0.2, -0.15) is 0 Å². The molecule has 1 heterocycles. The van der Waals surface area contributed by atoms with Gasteiger partial charge in [-0.15, -0.1) is 0 Å². The first kappa shape index (κ1) is 16.3. The van der Waals surface area contributed by atoms with E-state index in [0.29, 0.717) is 0 Å². The Morgan fingerprint density at radius 3 is 2.62 bits per heavy atom. The summed E-state index contributed by atoms with van der Waals surface area (Å²) in [4.78, 5) is 4.67. The van der Waals surface area contributed by atoms with Crippen molar-refractivity contribution < 1.29 is 4.74 Å². The summed E-state index contributed by atoms with van der Waals surface area (Å²) in [6.45, 7) is 2.22. The molecule has 0 saturated heterocycles. The molecule has 1 aliphatic rings. The third kappa shape index (κ3) is 5.33. The number of methoxy groups -OCH3 is 1. The SMILES string of the molecule is CCCCc1ccc(CCCC2CCCCC2)c(OC)n1. The zero-order chi connectivity index (χ0) is 14.9. The van der Waals surface area contributed by atoms with Crippen LogP contribution >= 0.6 is 0 Å². The minimum absolute atomic E-state index is 0.854. The van der Waals surface area contributed by atoms with Crippen molar-refractivity contribution in [2.24, 2.45) is 5.92 Å². The van der Waals surface area contributed by atoms with E-state index in [4.69, 9.17) is 4.74 Å². The summed E-state index contributed by atoms with van der Waals surface area (Å²) < 4.78 is 5.50. The molecular weight excluding hydrogens is 258 g/mol. The summed E-state index contributed by atoms with van der Waals surface area (Å²) in [5, 5.41) is 0. The highest BCUT2D eigenvalue weighted by molar-refractivity contribution is 5.28. The summed E-state index contributed by atoms with van der Waals surface area (Å²) >= 11 is 0. The van der Waals surface area contributed by atoms with Gasteiger partial charge in [-0.25, -0.2) is 4.98 Å². The Bertz CT molecular complexity index is 410. The largest absolute Gasteiger partial charge is 0.481 e. The molecule has 2 heteroatoms. The number of hydrogen-bond donors (Lipinski definition) is 0. The first-order valence-corrected chi connectivity index (χ1v) is 8.86. The van der Waals surface area contributed by atoms with Gasteiger partial charge < -0.3 is 4.74 Å². The number of aryl methyl sites for hydroxylation is 2. The predicted octanol–water partition coefficient (Wildman–Crippen LogP) is 5.34. The van der Waals surface area contributed by atoms with Crippen molar-refractivity contribution in [3.63, 3.8) is 0 Å². The van der Waals surface area contributed by atoms with Gasteiger partial charge in [0.05, 0.1) is 7.11 Å². The van der Waals surface area contributed by atoms with Crippen molar-refractivity contribution in [2.75, 3.05) is 7.11 Å². The molecule has 0 aliphatic heterocycles. The minimum Gasteiger partial charge on any atom is -0.481 e. The molecule has 0 spiro atoms. The van der Waals surface area contributed by atoms with E-state index in [-0.39, 0.29) is 0 Å². The van der Waals surface area contributed by atoms with Gasteiger partial charge in [0.2, 0.25) is 5.88 Å². The highest BCUT2D eigenvalue weighted by atomic mass is 16.5. The molecule has 0 N–H and O–H groups in total. The van der Waals surface area contributed by atoms with Crippen LogP contribution in [0.4, 0.5) is 0 Å². The van der Waals surface area contributed by atoms with E-state index in [1.54, 1.807) is 7.11 Å². The molecular formula is C19H31NO. The van der Waals surface area contributed by atoms with Crippen LogP contribution in [0.25, 0.3) is 0 Å². The lowest BCUT2D eigenvalue weighted by Crippen LogP contribution is -2.07. The average molecular weight is 289 g/mol. The van der Waals surface area contributed by atoms with Crippen LogP contribution in [0.3, 0.4) is 0 Å². The standard InChI is InChI=1S/C19H31NO/c1-3-4-13-18-15-14-17(19(20-18)21-2)12-8-11-16-9-6-5-7-10-16/h14-16H,3-13H2,1-2H3. The second kappa shape index (κ2) is 9.07. The Labute approximate surface area is 130 Å². The highest BCUT2D eigenvalue weighted by Crippen LogP contribution is 2.28. The number of aromatic nitrogens is 1. The van der Waals surface area contributed by atoms with E-state index in [1.165, 1.54) is 69.0 Å². The molecule has 0 unspecified atom stereocenters. The van der Waals surface area contributed by atoms with Gasteiger partial charge in [-0.1, -0.05) is 57.9 Å². The van der Waals surface area contributed by atoms with Gasteiger partial charge in [0.15, 0.2) is 0 Å². The molecule has 0 atom stereocenters. The Hall–Kier alpha value is -1.05. The predicted molar refractivity (Wildman–Crippen MR) is 88.9 cm³/mol. The van der Waals surface area contributed by atoms with Gasteiger partial charge in [0.25, 0.3) is 0 Å². The third-order valence-electron chi connectivity index (χ3n) is 4.76. The van der Waals surface area contributed by atoms with E-state index < -0.39 is 0 Å². The summed E-state index contributed by atoms with van der Waals surface area (Å²) in [5.74, 6) is 1.83. The fourth-order valence-corrected chi connectivity index (χ4v) is 3.43. The molecule has 2 rings (SSSR count). The quantitative estimate of drug-likeness (QED) is 0.645. The van der Waals surface area contributed by atoms with E-state index in [1.807, 2.05) is 0 Å². The van der Waals surface area contributed by atoms with E-state index in [9.17, 15) is 0 Å². The lowest BCUT2D eigenvalue weighted by Gasteiger charge is -2.21. The maximum atomic E-state index is 5.50. The molecule has 118 valence electrons. The molecule has 0 bridgehead atoms. The number of ether oxygens (including phenoxy) is 1. The molecule has 2 nitrogen and oxygen atoms in total. The van der Waals surface area contributed by atoms with Crippen molar-refractivity contribution in [1.82, 2.24) is 4.98 Å². The lowest BCUT2D eigenvalue weighted by molar-refractivity contribution is 0.331. The Morgan fingerprint density at radius 2 is 1.90 bits per heavy atom. The van der Waals surface area contributed by atoms with Crippen LogP contribution in [-0.2, 0) is 12.8 Å². The zero-order valence-corrected chi connectivity index (χ0v) is 13.9. The van der Waals surface area contributed by atoms with Gasteiger partial charge in [0.1, 0.15) is 0 Å². The second-order valence-corrected chi connectivity index (χ2v) is 6.47.